The minimum atomic E-state index is -0.426. The zero-order valence-electron chi connectivity index (χ0n) is 39.1. The Morgan fingerprint density at radius 2 is 0.982 bits per heavy atom. The SMILES string of the molecule is CC(C)CCC(COC(=O)CCCCCCCCCC1(CCCCCCCCCC(=O)OCC(CCC(C)C)C(C)C)OCC(CN2CCN(C)CC2)O1)C(C)C. The molecule has 2 fully saturated rings. The first-order valence-electron chi connectivity index (χ1n) is 24.3. The van der Waals surface area contributed by atoms with Gasteiger partial charge in [0.05, 0.1) is 25.9 Å². The first kappa shape index (κ1) is 51.9. The van der Waals surface area contributed by atoms with Gasteiger partial charge in [0.25, 0.3) is 0 Å². The highest BCUT2D eigenvalue weighted by molar-refractivity contribution is 5.69. The average molecular weight is 807 g/mol. The van der Waals surface area contributed by atoms with Crippen LogP contribution in [-0.4, -0.2) is 93.2 Å². The molecule has 0 radical (unpaired) electrons. The number of hydrogen-bond acceptors (Lipinski definition) is 8. The van der Waals surface area contributed by atoms with Crippen molar-refractivity contribution in [2.24, 2.45) is 35.5 Å². The lowest BCUT2D eigenvalue weighted by Gasteiger charge is -2.34. The van der Waals surface area contributed by atoms with Gasteiger partial charge in [-0.2, -0.15) is 0 Å². The van der Waals surface area contributed by atoms with Gasteiger partial charge < -0.3 is 23.8 Å². The van der Waals surface area contributed by atoms with Crippen LogP contribution in [0.1, 0.15) is 197 Å². The Morgan fingerprint density at radius 3 is 1.39 bits per heavy atom. The minimum absolute atomic E-state index is 0.0186. The topological polar surface area (TPSA) is 77.5 Å². The molecule has 3 atom stereocenters. The molecule has 2 heterocycles. The van der Waals surface area contributed by atoms with Crippen molar-refractivity contribution in [1.82, 2.24) is 9.80 Å². The van der Waals surface area contributed by atoms with E-state index in [0.717, 1.165) is 96.9 Å². The molecule has 2 rings (SSSR count). The van der Waals surface area contributed by atoms with Crippen LogP contribution < -0.4 is 0 Å². The quantitative estimate of drug-likeness (QED) is 0.0470. The summed E-state index contributed by atoms with van der Waals surface area (Å²) in [6.45, 7) is 25.3. The maximum absolute atomic E-state index is 12.4. The van der Waals surface area contributed by atoms with Gasteiger partial charge in [-0.15, -0.1) is 0 Å². The number of ether oxygens (including phenoxy) is 4. The van der Waals surface area contributed by atoms with E-state index in [4.69, 9.17) is 18.9 Å². The van der Waals surface area contributed by atoms with Crippen LogP contribution in [0.25, 0.3) is 0 Å². The predicted molar refractivity (Wildman–Crippen MR) is 237 cm³/mol. The molecular weight excluding hydrogens is 713 g/mol. The largest absolute Gasteiger partial charge is 0.465 e. The summed E-state index contributed by atoms with van der Waals surface area (Å²) in [5.41, 5.74) is 0. The molecular formula is C49H94N2O6. The van der Waals surface area contributed by atoms with Gasteiger partial charge >= 0.3 is 11.9 Å². The molecule has 0 aromatic rings. The number of nitrogens with zero attached hydrogens (tertiary/aromatic N) is 2. The van der Waals surface area contributed by atoms with E-state index in [1.54, 1.807) is 0 Å². The van der Waals surface area contributed by atoms with Crippen molar-refractivity contribution in [3.63, 3.8) is 0 Å². The van der Waals surface area contributed by atoms with E-state index in [2.05, 4.69) is 72.2 Å². The van der Waals surface area contributed by atoms with E-state index >= 15 is 0 Å². The Balaban J connectivity index is 1.62. The van der Waals surface area contributed by atoms with Crippen LogP contribution in [0, 0.1) is 35.5 Å². The fourth-order valence-corrected chi connectivity index (χ4v) is 8.36. The molecule has 0 N–H and O–H groups in total. The summed E-state index contributed by atoms with van der Waals surface area (Å²) in [6.07, 6.45) is 23.9. The first-order chi connectivity index (χ1) is 27.3. The lowest BCUT2D eigenvalue weighted by Crippen LogP contribution is -2.47. The molecule has 0 aliphatic carbocycles. The van der Waals surface area contributed by atoms with Crippen LogP contribution >= 0.6 is 0 Å². The Hall–Kier alpha value is -1.22. The fourth-order valence-electron chi connectivity index (χ4n) is 8.36. The first-order valence-corrected chi connectivity index (χ1v) is 24.3. The van der Waals surface area contributed by atoms with Gasteiger partial charge in [0.2, 0.25) is 0 Å². The van der Waals surface area contributed by atoms with Crippen molar-refractivity contribution in [2.45, 2.75) is 209 Å². The number of unbranched alkanes of at least 4 members (excludes halogenated alkanes) is 12. The molecule has 0 aromatic heterocycles. The van der Waals surface area contributed by atoms with Crippen molar-refractivity contribution in [3.05, 3.63) is 0 Å². The standard InChI is InChI=1S/C49H94N2O6/c1-40(2)26-28-44(42(5)6)37-54-47(52)24-20-16-12-10-14-18-22-30-49(56-39-46(57-49)36-51-34-32-50(9)33-35-51)31-23-19-15-11-13-17-21-25-48(53)55-38-45(43(7)8)29-27-41(3)4/h40-46H,10-39H2,1-9H3. The van der Waals surface area contributed by atoms with Crippen molar-refractivity contribution in [3.8, 4) is 0 Å². The Kier molecular flexibility index (Phi) is 28.0. The normalized spacial score (nSPS) is 20.6. The van der Waals surface area contributed by atoms with E-state index in [0.29, 0.717) is 68.2 Å². The summed E-state index contributed by atoms with van der Waals surface area (Å²) in [6, 6.07) is 0. The molecule has 2 aliphatic heterocycles. The van der Waals surface area contributed by atoms with E-state index in [-0.39, 0.29) is 18.0 Å². The number of rotatable bonds is 34. The molecule has 0 spiro atoms. The highest BCUT2D eigenvalue weighted by Crippen LogP contribution is 2.35. The highest BCUT2D eigenvalue weighted by Gasteiger charge is 2.41. The van der Waals surface area contributed by atoms with Gasteiger partial charge in [-0.05, 0) is 81.1 Å². The Labute approximate surface area is 353 Å². The van der Waals surface area contributed by atoms with Crippen LogP contribution in [0.15, 0.2) is 0 Å². The number of carbonyl (C=O) groups excluding carboxylic acids is 2. The number of piperazine rings is 1. The third-order valence-electron chi connectivity index (χ3n) is 12.9. The van der Waals surface area contributed by atoms with Crippen LogP contribution in [0.4, 0.5) is 0 Å². The van der Waals surface area contributed by atoms with Crippen LogP contribution in [-0.2, 0) is 28.5 Å². The number of hydrogen-bond donors (Lipinski definition) is 0. The van der Waals surface area contributed by atoms with Gasteiger partial charge in [0, 0.05) is 58.4 Å². The maximum atomic E-state index is 12.4. The summed E-state index contributed by atoms with van der Waals surface area (Å²) in [7, 11) is 2.21. The molecule has 8 nitrogen and oxygen atoms in total. The zero-order valence-corrected chi connectivity index (χ0v) is 39.1. The fraction of sp³-hybridized carbons (Fsp3) is 0.959. The second-order valence-corrected chi connectivity index (χ2v) is 19.8. The lowest BCUT2D eigenvalue weighted by atomic mass is 9.89. The van der Waals surface area contributed by atoms with E-state index in [9.17, 15) is 9.59 Å². The molecule has 0 amide bonds. The molecule has 2 aliphatic rings. The summed E-state index contributed by atoms with van der Waals surface area (Å²) in [4.78, 5) is 29.7. The number of likely N-dealkylation sites (N-methyl/N-ethyl adjacent to an activating group) is 1. The van der Waals surface area contributed by atoms with Crippen molar-refractivity contribution in [1.29, 1.82) is 0 Å². The van der Waals surface area contributed by atoms with Crippen LogP contribution in [0.2, 0.25) is 0 Å². The second-order valence-electron chi connectivity index (χ2n) is 19.8. The highest BCUT2D eigenvalue weighted by atomic mass is 16.7. The molecule has 0 aromatic carbocycles. The zero-order chi connectivity index (χ0) is 41.9. The molecule has 0 saturated carbocycles. The monoisotopic (exact) mass is 807 g/mol. The minimum Gasteiger partial charge on any atom is -0.465 e. The van der Waals surface area contributed by atoms with Gasteiger partial charge in [0.1, 0.15) is 0 Å². The lowest BCUT2D eigenvalue weighted by molar-refractivity contribution is -0.181. The molecule has 0 bridgehead atoms. The Bertz CT molecular complexity index is 952. The molecule has 8 heteroatoms. The summed E-state index contributed by atoms with van der Waals surface area (Å²) in [5, 5.41) is 0. The predicted octanol–water partition coefficient (Wildman–Crippen LogP) is 11.9. The van der Waals surface area contributed by atoms with Crippen LogP contribution in [0.5, 0.6) is 0 Å². The van der Waals surface area contributed by atoms with Gasteiger partial charge in [-0.25, -0.2) is 0 Å². The van der Waals surface area contributed by atoms with Crippen molar-refractivity contribution >= 4 is 11.9 Å². The van der Waals surface area contributed by atoms with E-state index < -0.39 is 5.79 Å². The third kappa shape index (κ3) is 25.2. The maximum Gasteiger partial charge on any atom is 0.305 e. The van der Waals surface area contributed by atoms with E-state index in [1.807, 2.05) is 0 Å². The molecule has 336 valence electrons. The van der Waals surface area contributed by atoms with Crippen molar-refractivity contribution < 1.29 is 28.5 Å². The van der Waals surface area contributed by atoms with Gasteiger partial charge in [0.15, 0.2) is 5.79 Å². The molecule has 2 saturated heterocycles. The second kappa shape index (κ2) is 30.8. The Morgan fingerprint density at radius 1 is 0.579 bits per heavy atom. The average Bonchev–Trinajstić information content (AvgIpc) is 3.55. The van der Waals surface area contributed by atoms with E-state index in [1.165, 1.54) is 64.2 Å². The molecule has 3 unspecified atom stereocenters. The summed E-state index contributed by atoms with van der Waals surface area (Å²) in [5.74, 6) is 2.96. The van der Waals surface area contributed by atoms with Gasteiger partial charge in [-0.3, -0.25) is 14.5 Å². The number of esters is 2. The third-order valence-corrected chi connectivity index (χ3v) is 12.9. The summed E-state index contributed by atoms with van der Waals surface area (Å²) >= 11 is 0. The number of carbonyl (C=O) groups is 2. The van der Waals surface area contributed by atoms with Gasteiger partial charge in [-0.1, -0.05) is 132 Å². The van der Waals surface area contributed by atoms with Crippen LogP contribution in [0.3, 0.4) is 0 Å². The molecule has 57 heavy (non-hydrogen) atoms. The summed E-state index contributed by atoms with van der Waals surface area (Å²) < 4.78 is 24.8. The van der Waals surface area contributed by atoms with Crippen molar-refractivity contribution in [2.75, 3.05) is 59.6 Å². The smallest absolute Gasteiger partial charge is 0.305 e.